The van der Waals surface area contributed by atoms with Crippen LogP contribution in [-0.4, -0.2) is 52.4 Å². The van der Waals surface area contributed by atoms with E-state index in [2.05, 4.69) is 5.32 Å². The summed E-state index contributed by atoms with van der Waals surface area (Å²) in [5.74, 6) is -0.167. The first kappa shape index (κ1) is 13.8. The predicted octanol–water partition coefficient (Wildman–Crippen LogP) is 0.684. The van der Waals surface area contributed by atoms with Crippen LogP contribution in [0.2, 0.25) is 0 Å². The molecule has 1 amide bonds. The first-order valence-electron chi connectivity index (χ1n) is 6.50. The molecule has 1 aromatic carbocycles. The van der Waals surface area contributed by atoms with E-state index in [4.69, 9.17) is 0 Å². The lowest BCUT2D eigenvalue weighted by Gasteiger charge is -2.19. The molecule has 1 aromatic rings. The number of anilines is 1. The maximum Gasteiger partial charge on any atom is 0.256 e. The summed E-state index contributed by atoms with van der Waals surface area (Å²) in [5.41, 5.74) is 1.34. The summed E-state index contributed by atoms with van der Waals surface area (Å²) in [4.78, 5) is 13.9. The number of nitrogens with zero attached hydrogens (tertiary/aromatic N) is 1. The van der Waals surface area contributed by atoms with Gasteiger partial charge >= 0.3 is 0 Å². The summed E-state index contributed by atoms with van der Waals surface area (Å²) in [5, 5.41) is 22.3. The number of likely N-dealkylation sites (tertiary alicyclic amines) is 1. The minimum atomic E-state index is -0.853. The second kappa shape index (κ2) is 5.59. The monoisotopic (exact) mass is 264 g/mol. The van der Waals surface area contributed by atoms with Crippen molar-refractivity contribution in [3.8, 4) is 0 Å². The molecule has 1 heterocycles. The lowest BCUT2D eigenvalue weighted by Crippen LogP contribution is -2.30. The standard InChI is InChI=1S/C14H20N2O3/c1-9(2)15-11-6-4-3-5-10(11)14(19)16-7-12(17)13(18)8-16/h3-6,9,12-13,15,17-18H,7-8H2,1-2H3/t12-,13+. The number of hydrogen-bond acceptors (Lipinski definition) is 4. The molecule has 0 radical (unpaired) electrons. The van der Waals surface area contributed by atoms with Crippen molar-refractivity contribution < 1.29 is 15.0 Å². The van der Waals surface area contributed by atoms with E-state index in [0.717, 1.165) is 5.69 Å². The average molecular weight is 264 g/mol. The Balaban J connectivity index is 2.19. The van der Waals surface area contributed by atoms with E-state index in [-0.39, 0.29) is 25.0 Å². The maximum absolute atomic E-state index is 12.4. The van der Waals surface area contributed by atoms with Crippen molar-refractivity contribution in [3.05, 3.63) is 29.8 Å². The first-order valence-corrected chi connectivity index (χ1v) is 6.50. The number of aliphatic hydroxyl groups is 2. The molecule has 104 valence electrons. The van der Waals surface area contributed by atoms with Crippen molar-refractivity contribution in [3.63, 3.8) is 0 Å². The van der Waals surface area contributed by atoms with Gasteiger partial charge < -0.3 is 20.4 Å². The Labute approximate surface area is 112 Å². The van der Waals surface area contributed by atoms with Gasteiger partial charge in [-0.3, -0.25) is 4.79 Å². The molecule has 0 spiro atoms. The van der Waals surface area contributed by atoms with Gasteiger partial charge in [0.05, 0.1) is 17.8 Å². The number of hydrogen-bond donors (Lipinski definition) is 3. The first-order chi connectivity index (χ1) is 8.99. The highest BCUT2D eigenvalue weighted by molar-refractivity contribution is 5.99. The van der Waals surface area contributed by atoms with Gasteiger partial charge in [0.15, 0.2) is 0 Å². The zero-order chi connectivity index (χ0) is 14.0. The number of benzene rings is 1. The highest BCUT2D eigenvalue weighted by atomic mass is 16.3. The van der Waals surface area contributed by atoms with Crippen molar-refractivity contribution in [2.75, 3.05) is 18.4 Å². The summed E-state index contributed by atoms with van der Waals surface area (Å²) in [6, 6.07) is 7.51. The molecule has 1 fully saturated rings. The van der Waals surface area contributed by atoms with E-state index >= 15 is 0 Å². The van der Waals surface area contributed by atoms with Crippen LogP contribution in [0.5, 0.6) is 0 Å². The number of rotatable bonds is 3. The number of para-hydroxylation sites is 1. The molecule has 0 bridgehead atoms. The Morgan fingerprint density at radius 2 is 1.84 bits per heavy atom. The highest BCUT2D eigenvalue weighted by Crippen LogP contribution is 2.21. The van der Waals surface area contributed by atoms with Crippen LogP contribution in [-0.2, 0) is 0 Å². The minimum Gasteiger partial charge on any atom is -0.388 e. The normalized spacial score (nSPS) is 22.9. The largest absolute Gasteiger partial charge is 0.388 e. The van der Waals surface area contributed by atoms with Crippen LogP contribution in [0.3, 0.4) is 0 Å². The van der Waals surface area contributed by atoms with Crippen LogP contribution in [0, 0.1) is 0 Å². The van der Waals surface area contributed by atoms with E-state index in [1.54, 1.807) is 6.07 Å². The van der Waals surface area contributed by atoms with Crippen LogP contribution >= 0.6 is 0 Å². The molecule has 5 heteroatoms. The van der Waals surface area contributed by atoms with Crippen molar-refractivity contribution in [2.45, 2.75) is 32.1 Å². The molecule has 19 heavy (non-hydrogen) atoms. The molecule has 1 aliphatic heterocycles. The second-order valence-corrected chi connectivity index (χ2v) is 5.19. The highest BCUT2D eigenvalue weighted by Gasteiger charge is 2.33. The molecule has 2 atom stereocenters. The summed E-state index contributed by atoms with van der Waals surface area (Å²) in [6.07, 6.45) is -1.71. The Bertz CT molecular complexity index is 452. The van der Waals surface area contributed by atoms with Crippen LogP contribution in [0.25, 0.3) is 0 Å². The second-order valence-electron chi connectivity index (χ2n) is 5.19. The maximum atomic E-state index is 12.4. The summed E-state index contributed by atoms with van der Waals surface area (Å²) in [7, 11) is 0. The van der Waals surface area contributed by atoms with Gasteiger partial charge in [0, 0.05) is 24.8 Å². The zero-order valence-corrected chi connectivity index (χ0v) is 11.2. The summed E-state index contributed by atoms with van der Waals surface area (Å²) in [6.45, 7) is 4.36. The Morgan fingerprint density at radius 3 is 2.42 bits per heavy atom. The SMILES string of the molecule is CC(C)Nc1ccccc1C(=O)N1C[C@@H](O)[C@@H](O)C1. The molecular weight excluding hydrogens is 244 g/mol. The van der Waals surface area contributed by atoms with E-state index in [1.807, 2.05) is 32.0 Å². The third-order valence-corrected chi connectivity index (χ3v) is 3.15. The number of amides is 1. The fourth-order valence-corrected chi connectivity index (χ4v) is 2.21. The fraction of sp³-hybridized carbons (Fsp3) is 0.500. The minimum absolute atomic E-state index is 0.167. The number of β-amino-alcohol motifs (C(OH)–C–C–N with tert-alkyl or cyclic N) is 2. The lowest BCUT2D eigenvalue weighted by atomic mass is 10.1. The zero-order valence-electron chi connectivity index (χ0n) is 11.2. The summed E-state index contributed by atoms with van der Waals surface area (Å²) >= 11 is 0. The third-order valence-electron chi connectivity index (χ3n) is 3.15. The van der Waals surface area contributed by atoms with E-state index < -0.39 is 12.2 Å². The molecule has 0 aromatic heterocycles. The molecule has 0 unspecified atom stereocenters. The molecule has 1 saturated heterocycles. The molecule has 3 N–H and O–H groups in total. The smallest absolute Gasteiger partial charge is 0.256 e. The molecular formula is C14H20N2O3. The van der Waals surface area contributed by atoms with Crippen LogP contribution < -0.4 is 5.32 Å². The van der Waals surface area contributed by atoms with E-state index in [1.165, 1.54) is 4.90 Å². The van der Waals surface area contributed by atoms with Gasteiger partial charge in [-0.1, -0.05) is 12.1 Å². The molecule has 1 aliphatic rings. The third kappa shape index (κ3) is 3.05. The van der Waals surface area contributed by atoms with E-state index in [0.29, 0.717) is 5.56 Å². The topological polar surface area (TPSA) is 72.8 Å². The number of nitrogens with one attached hydrogen (secondary N) is 1. The van der Waals surface area contributed by atoms with Gasteiger partial charge in [-0.2, -0.15) is 0 Å². The van der Waals surface area contributed by atoms with Gasteiger partial charge in [-0.15, -0.1) is 0 Å². The molecule has 0 saturated carbocycles. The van der Waals surface area contributed by atoms with Gasteiger partial charge in [-0.05, 0) is 26.0 Å². The number of aliphatic hydroxyl groups excluding tert-OH is 2. The van der Waals surface area contributed by atoms with Gasteiger partial charge in [0.2, 0.25) is 0 Å². The van der Waals surface area contributed by atoms with Crippen molar-refractivity contribution in [1.82, 2.24) is 4.90 Å². The quantitative estimate of drug-likeness (QED) is 0.751. The summed E-state index contributed by atoms with van der Waals surface area (Å²) < 4.78 is 0. The fourth-order valence-electron chi connectivity index (χ4n) is 2.21. The molecule has 5 nitrogen and oxygen atoms in total. The average Bonchev–Trinajstić information content (AvgIpc) is 2.69. The Morgan fingerprint density at radius 1 is 1.26 bits per heavy atom. The lowest BCUT2D eigenvalue weighted by molar-refractivity contribution is 0.0572. The Hall–Kier alpha value is -1.59. The Kier molecular flexibility index (Phi) is 4.07. The van der Waals surface area contributed by atoms with Crippen LogP contribution in [0.4, 0.5) is 5.69 Å². The van der Waals surface area contributed by atoms with Crippen LogP contribution in [0.1, 0.15) is 24.2 Å². The van der Waals surface area contributed by atoms with Gasteiger partial charge in [-0.25, -0.2) is 0 Å². The number of carbonyl (C=O) groups is 1. The van der Waals surface area contributed by atoms with Crippen molar-refractivity contribution >= 4 is 11.6 Å². The van der Waals surface area contributed by atoms with Crippen molar-refractivity contribution in [2.24, 2.45) is 0 Å². The van der Waals surface area contributed by atoms with Gasteiger partial charge in [0.25, 0.3) is 5.91 Å². The molecule has 2 rings (SSSR count). The predicted molar refractivity (Wildman–Crippen MR) is 73.1 cm³/mol. The van der Waals surface area contributed by atoms with E-state index in [9.17, 15) is 15.0 Å². The molecule has 0 aliphatic carbocycles. The van der Waals surface area contributed by atoms with Crippen molar-refractivity contribution in [1.29, 1.82) is 0 Å². The van der Waals surface area contributed by atoms with Crippen LogP contribution in [0.15, 0.2) is 24.3 Å². The number of carbonyl (C=O) groups excluding carboxylic acids is 1. The van der Waals surface area contributed by atoms with Gasteiger partial charge in [0.1, 0.15) is 0 Å².